The molecule has 3 fully saturated rings. The van der Waals surface area contributed by atoms with E-state index in [-0.39, 0.29) is 43.1 Å². The highest BCUT2D eigenvalue weighted by molar-refractivity contribution is 5.85. The molecule has 9 heteroatoms. The maximum Gasteiger partial charge on any atom is 0.325 e. The molecule has 1 atom stereocenters. The predicted molar refractivity (Wildman–Crippen MR) is 138 cm³/mol. The van der Waals surface area contributed by atoms with Gasteiger partial charge in [0.1, 0.15) is 6.29 Å². The van der Waals surface area contributed by atoms with Gasteiger partial charge in [-0.25, -0.2) is 10.0 Å². The predicted octanol–water partition coefficient (Wildman–Crippen LogP) is 2.98. The van der Waals surface area contributed by atoms with Gasteiger partial charge in [0.2, 0.25) is 0 Å². The summed E-state index contributed by atoms with van der Waals surface area (Å²) in [4.78, 5) is 29.6. The Balaban J connectivity index is 0.00000204. The van der Waals surface area contributed by atoms with E-state index in [0.717, 1.165) is 77.4 Å². The quantitative estimate of drug-likeness (QED) is 0.534. The molecule has 3 aliphatic heterocycles. The molecule has 3 saturated heterocycles. The fraction of sp³-hybridized carbons (Fsp3) is 0.680. The van der Waals surface area contributed by atoms with Crippen LogP contribution in [0.25, 0.3) is 0 Å². The van der Waals surface area contributed by atoms with Crippen LogP contribution in [0.2, 0.25) is 0 Å². The lowest BCUT2D eigenvalue weighted by Crippen LogP contribution is -2.55. The second-order valence-electron chi connectivity index (χ2n) is 9.52. The van der Waals surface area contributed by atoms with Gasteiger partial charge in [-0.1, -0.05) is 30.3 Å². The summed E-state index contributed by atoms with van der Waals surface area (Å²) in [6, 6.07) is 10.8. The lowest BCUT2D eigenvalue weighted by Gasteiger charge is -2.43. The van der Waals surface area contributed by atoms with E-state index in [9.17, 15) is 9.59 Å². The van der Waals surface area contributed by atoms with Gasteiger partial charge in [-0.15, -0.1) is 29.9 Å². The Morgan fingerprint density at radius 2 is 1.56 bits per heavy atom. The largest absolute Gasteiger partial charge is 0.368 e. The molecule has 0 spiro atoms. The summed E-state index contributed by atoms with van der Waals surface area (Å²) in [6.07, 6.45) is 6.70. The summed E-state index contributed by atoms with van der Waals surface area (Å²) < 4.78 is 0. The van der Waals surface area contributed by atoms with Crippen LogP contribution in [0.4, 0.5) is 0 Å². The molecule has 0 aromatic heterocycles. The Morgan fingerprint density at radius 3 is 2.18 bits per heavy atom. The van der Waals surface area contributed by atoms with Crippen molar-refractivity contribution in [2.75, 3.05) is 52.4 Å². The van der Waals surface area contributed by atoms with E-state index in [1.807, 2.05) is 0 Å². The Morgan fingerprint density at radius 1 is 0.941 bits per heavy atom. The standard InChI is InChI=1S/C25H38N4O3.2ClH/c30-20-24(23-6-10-26-11-7-23)19-25(31)32-29-16-14-28(15-17-29)27-12-8-22(9-13-27)18-21-4-2-1-3-5-21;;/h1-5,20,22-24,26H,6-19H2;2*1H. The Labute approximate surface area is 216 Å². The van der Waals surface area contributed by atoms with Crippen molar-refractivity contribution in [1.29, 1.82) is 0 Å². The third-order valence-corrected chi connectivity index (χ3v) is 7.37. The zero-order chi connectivity index (χ0) is 22.2. The van der Waals surface area contributed by atoms with E-state index < -0.39 is 0 Å². The van der Waals surface area contributed by atoms with E-state index in [4.69, 9.17) is 4.84 Å². The molecule has 7 nitrogen and oxygen atoms in total. The maximum atomic E-state index is 12.4. The fourth-order valence-corrected chi connectivity index (χ4v) is 5.38. The second-order valence-corrected chi connectivity index (χ2v) is 9.52. The summed E-state index contributed by atoms with van der Waals surface area (Å²) in [7, 11) is 0. The minimum Gasteiger partial charge on any atom is -0.368 e. The van der Waals surface area contributed by atoms with Crippen LogP contribution in [0.15, 0.2) is 30.3 Å². The van der Waals surface area contributed by atoms with Crippen molar-refractivity contribution in [2.24, 2.45) is 17.8 Å². The average molecular weight is 516 g/mol. The molecule has 3 aliphatic rings. The molecule has 0 amide bonds. The van der Waals surface area contributed by atoms with Crippen molar-refractivity contribution < 1.29 is 14.4 Å². The van der Waals surface area contributed by atoms with Crippen LogP contribution in [0.5, 0.6) is 0 Å². The molecular formula is C25H40Cl2N4O3. The van der Waals surface area contributed by atoms with E-state index >= 15 is 0 Å². The number of hydrogen-bond acceptors (Lipinski definition) is 7. The first kappa shape index (κ1) is 29.0. The summed E-state index contributed by atoms with van der Waals surface area (Å²) in [5.74, 6) is 0.573. The summed E-state index contributed by atoms with van der Waals surface area (Å²) >= 11 is 0. The zero-order valence-electron chi connectivity index (χ0n) is 20.0. The number of hydrazine groups is 1. The van der Waals surface area contributed by atoms with Gasteiger partial charge in [0.05, 0.1) is 6.42 Å². The lowest BCUT2D eigenvalue weighted by atomic mass is 9.84. The number of nitrogens with one attached hydrogen (secondary N) is 1. The number of rotatable bonds is 8. The van der Waals surface area contributed by atoms with Crippen LogP contribution in [0, 0.1) is 17.8 Å². The Bertz CT molecular complexity index is 720. The van der Waals surface area contributed by atoms with Crippen LogP contribution in [-0.2, 0) is 20.8 Å². The van der Waals surface area contributed by atoms with Gasteiger partial charge in [-0.3, -0.25) is 4.79 Å². The minimum absolute atomic E-state index is 0. The van der Waals surface area contributed by atoms with Crippen LogP contribution in [0.3, 0.4) is 0 Å². The first-order chi connectivity index (χ1) is 15.7. The highest BCUT2D eigenvalue weighted by Gasteiger charge is 2.30. The molecule has 1 aromatic carbocycles. The molecule has 1 aromatic rings. The van der Waals surface area contributed by atoms with Crippen LogP contribution in [-0.4, -0.2) is 79.7 Å². The molecule has 0 bridgehead atoms. The highest BCUT2D eigenvalue weighted by Crippen LogP contribution is 2.25. The van der Waals surface area contributed by atoms with Gasteiger partial charge < -0.3 is 14.9 Å². The van der Waals surface area contributed by atoms with Gasteiger partial charge in [0.15, 0.2) is 0 Å². The van der Waals surface area contributed by atoms with Crippen molar-refractivity contribution >= 4 is 37.1 Å². The van der Waals surface area contributed by atoms with Crippen molar-refractivity contribution in [2.45, 2.75) is 38.5 Å². The van der Waals surface area contributed by atoms with Gasteiger partial charge in [-0.2, -0.15) is 0 Å². The highest BCUT2D eigenvalue weighted by atomic mass is 35.5. The van der Waals surface area contributed by atoms with Crippen molar-refractivity contribution in [3.8, 4) is 0 Å². The number of halogens is 2. The van der Waals surface area contributed by atoms with Crippen LogP contribution >= 0.6 is 24.8 Å². The molecule has 1 N–H and O–H groups in total. The molecule has 34 heavy (non-hydrogen) atoms. The van der Waals surface area contributed by atoms with Crippen molar-refractivity contribution in [3.63, 3.8) is 0 Å². The smallest absolute Gasteiger partial charge is 0.325 e. The SMILES string of the molecule is Cl.Cl.O=CC(CC(=O)ON1CCN(N2CCC(Cc3ccccc3)CC2)CC1)C1CCNCC1. The second kappa shape index (κ2) is 15.0. The van der Waals surface area contributed by atoms with Gasteiger partial charge >= 0.3 is 5.97 Å². The molecule has 1 unspecified atom stereocenters. The number of benzene rings is 1. The topological polar surface area (TPSA) is 65.1 Å². The molecule has 0 radical (unpaired) electrons. The fourth-order valence-electron chi connectivity index (χ4n) is 5.38. The van der Waals surface area contributed by atoms with Crippen molar-refractivity contribution in [1.82, 2.24) is 20.4 Å². The number of piperazine rings is 1. The maximum absolute atomic E-state index is 12.4. The number of hydroxylamine groups is 2. The summed E-state index contributed by atoms with van der Waals surface area (Å²) in [5.41, 5.74) is 1.44. The van der Waals surface area contributed by atoms with Crippen LogP contribution < -0.4 is 5.32 Å². The molecule has 3 heterocycles. The van der Waals surface area contributed by atoms with Gasteiger partial charge in [0, 0.05) is 45.2 Å². The molecular weight excluding hydrogens is 475 g/mol. The Kier molecular flexibility index (Phi) is 12.8. The number of carbonyl (C=O) groups is 2. The number of aldehydes is 1. The number of carbonyl (C=O) groups excluding carboxylic acids is 2. The number of nitrogens with zero attached hydrogens (tertiary/aromatic N) is 3. The first-order valence-corrected chi connectivity index (χ1v) is 12.4. The van der Waals surface area contributed by atoms with Crippen molar-refractivity contribution in [3.05, 3.63) is 35.9 Å². The van der Waals surface area contributed by atoms with Gasteiger partial charge in [-0.05, 0) is 62.6 Å². The van der Waals surface area contributed by atoms with E-state index in [1.165, 1.54) is 24.8 Å². The van der Waals surface area contributed by atoms with E-state index in [1.54, 1.807) is 5.06 Å². The molecule has 4 rings (SSSR count). The molecule has 0 saturated carbocycles. The van der Waals surface area contributed by atoms with Gasteiger partial charge in [0.25, 0.3) is 0 Å². The van der Waals surface area contributed by atoms with Crippen LogP contribution in [0.1, 0.15) is 37.7 Å². The summed E-state index contributed by atoms with van der Waals surface area (Å²) in [6.45, 7) is 7.25. The molecule has 0 aliphatic carbocycles. The van der Waals surface area contributed by atoms with E-state index in [0.29, 0.717) is 5.92 Å². The third-order valence-electron chi connectivity index (χ3n) is 7.37. The third kappa shape index (κ3) is 8.47. The Hall–Kier alpha value is -1.22. The number of piperidine rings is 2. The van der Waals surface area contributed by atoms with E-state index in [2.05, 4.69) is 45.7 Å². The normalized spacial score (nSPS) is 22.2. The molecule has 192 valence electrons. The number of hydrogen-bond donors (Lipinski definition) is 1. The lowest BCUT2D eigenvalue weighted by molar-refractivity contribution is -0.209. The first-order valence-electron chi connectivity index (χ1n) is 12.4. The zero-order valence-corrected chi connectivity index (χ0v) is 21.6. The monoisotopic (exact) mass is 514 g/mol. The average Bonchev–Trinajstić information content (AvgIpc) is 2.85. The summed E-state index contributed by atoms with van der Waals surface area (Å²) in [5, 5.41) is 10.0. The minimum atomic E-state index is -0.268.